The van der Waals surface area contributed by atoms with Crippen molar-refractivity contribution in [2.45, 2.75) is 19.3 Å². The fraction of sp³-hybridized carbons (Fsp3) is 0.0536. The molecule has 0 amide bonds. The molecule has 0 N–H and O–H groups in total. The van der Waals surface area contributed by atoms with Crippen LogP contribution in [0.2, 0.25) is 0 Å². The first-order chi connectivity index (χ1) is 29.5. The van der Waals surface area contributed by atoms with Crippen LogP contribution >= 0.6 is 0 Å². The number of fused-ring (bicyclic) bond motifs is 8. The molecule has 0 aliphatic heterocycles. The largest absolute Gasteiger partial charge is 0.456 e. The number of hydrogen-bond acceptors (Lipinski definition) is 4. The van der Waals surface area contributed by atoms with Crippen molar-refractivity contribution in [1.82, 2.24) is 4.98 Å². The Balaban J connectivity index is 0.984. The third-order valence-corrected chi connectivity index (χ3v) is 12.5. The first-order valence-corrected chi connectivity index (χ1v) is 20.5. The molecule has 4 heteroatoms. The van der Waals surface area contributed by atoms with Gasteiger partial charge in [0.25, 0.3) is 0 Å². The second-order valence-corrected chi connectivity index (χ2v) is 16.3. The molecule has 0 saturated carbocycles. The highest BCUT2D eigenvalue weighted by Gasteiger charge is 2.37. The molecule has 0 atom stereocenters. The van der Waals surface area contributed by atoms with Crippen LogP contribution < -0.4 is 4.90 Å². The quantitative estimate of drug-likeness (QED) is 0.169. The van der Waals surface area contributed by atoms with E-state index in [0.29, 0.717) is 5.89 Å². The lowest BCUT2D eigenvalue weighted by molar-refractivity contribution is 0.620. The Hall–Kier alpha value is -7.69. The van der Waals surface area contributed by atoms with Crippen molar-refractivity contribution in [3.05, 3.63) is 205 Å². The van der Waals surface area contributed by atoms with Gasteiger partial charge in [0.15, 0.2) is 5.58 Å². The topological polar surface area (TPSA) is 42.4 Å². The van der Waals surface area contributed by atoms with E-state index in [4.69, 9.17) is 13.8 Å². The van der Waals surface area contributed by atoms with Crippen LogP contribution in [0.4, 0.5) is 17.1 Å². The van der Waals surface area contributed by atoms with Gasteiger partial charge in [-0.1, -0.05) is 141 Å². The Morgan fingerprint density at radius 1 is 0.450 bits per heavy atom. The van der Waals surface area contributed by atoms with E-state index in [1.165, 1.54) is 44.2 Å². The fourth-order valence-electron chi connectivity index (χ4n) is 9.50. The number of anilines is 3. The Morgan fingerprint density at radius 2 is 1.12 bits per heavy atom. The molecule has 0 fully saturated rings. The van der Waals surface area contributed by atoms with E-state index in [0.717, 1.165) is 66.8 Å². The van der Waals surface area contributed by atoms with Crippen LogP contribution in [0.5, 0.6) is 0 Å². The average Bonchev–Trinajstić information content (AvgIpc) is 3.96. The highest BCUT2D eigenvalue weighted by molar-refractivity contribution is 6.15. The van der Waals surface area contributed by atoms with E-state index in [-0.39, 0.29) is 5.41 Å². The second kappa shape index (κ2) is 13.2. The molecule has 2 heterocycles. The van der Waals surface area contributed by atoms with Gasteiger partial charge < -0.3 is 13.7 Å². The highest BCUT2D eigenvalue weighted by Crippen LogP contribution is 2.54. The number of rotatable bonds is 6. The average molecular weight is 771 g/mol. The lowest BCUT2D eigenvalue weighted by Gasteiger charge is -2.29. The summed E-state index contributed by atoms with van der Waals surface area (Å²) in [6.07, 6.45) is 0. The third kappa shape index (κ3) is 5.34. The molecular weight excluding hydrogens is 733 g/mol. The number of oxazole rings is 1. The zero-order chi connectivity index (χ0) is 40.0. The Morgan fingerprint density at radius 3 is 1.93 bits per heavy atom. The minimum Gasteiger partial charge on any atom is -0.456 e. The van der Waals surface area contributed by atoms with Crippen molar-refractivity contribution in [1.29, 1.82) is 0 Å². The molecule has 0 radical (unpaired) electrons. The normalized spacial score (nSPS) is 13.0. The summed E-state index contributed by atoms with van der Waals surface area (Å²) in [6.45, 7) is 4.68. The summed E-state index contributed by atoms with van der Waals surface area (Å²) >= 11 is 0. The zero-order valence-corrected chi connectivity index (χ0v) is 33.2. The van der Waals surface area contributed by atoms with E-state index in [2.05, 4.69) is 170 Å². The molecule has 0 bridgehead atoms. The van der Waals surface area contributed by atoms with Crippen molar-refractivity contribution in [3.8, 4) is 44.8 Å². The summed E-state index contributed by atoms with van der Waals surface area (Å²) in [6, 6.07) is 69.3. The van der Waals surface area contributed by atoms with Gasteiger partial charge in [0.05, 0.1) is 5.69 Å². The number of benzene rings is 9. The SMILES string of the molecule is CC1(C)c2ccccc2-c2c(N(c3ccc(-c4ccc5ccccc5c4)cc3)c3ccc(-c4cccc5oc6cc7nc(-c8ccccc8)oc7cc6c45)cc3)cccc21. The van der Waals surface area contributed by atoms with Crippen molar-refractivity contribution in [2.75, 3.05) is 4.90 Å². The summed E-state index contributed by atoms with van der Waals surface area (Å²) in [4.78, 5) is 7.22. The number of furan rings is 1. The highest BCUT2D eigenvalue weighted by atomic mass is 16.4. The molecule has 4 nitrogen and oxygen atoms in total. The van der Waals surface area contributed by atoms with Crippen LogP contribution in [-0.4, -0.2) is 4.98 Å². The summed E-state index contributed by atoms with van der Waals surface area (Å²) < 4.78 is 12.8. The van der Waals surface area contributed by atoms with E-state index >= 15 is 0 Å². The maximum absolute atomic E-state index is 6.48. The Labute approximate surface area is 347 Å². The predicted octanol–water partition coefficient (Wildman–Crippen LogP) is 15.7. The molecule has 12 rings (SSSR count). The van der Waals surface area contributed by atoms with E-state index < -0.39 is 0 Å². The van der Waals surface area contributed by atoms with Crippen LogP contribution in [0.15, 0.2) is 203 Å². The number of hydrogen-bond donors (Lipinski definition) is 0. The van der Waals surface area contributed by atoms with Crippen LogP contribution in [0.25, 0.3) is 88.6 Å². The van der Waals surface area contributed by atoms with E-state index in [1.807, 2.05) is 42.5 Å². The monoisotopic (exact) mass is 770 g/mol. The Kier molecular flexibility index (Phi) is 7.54. The summed E-state index contributed by atoms with van der Waals surface area (Å²) in [5.74, 6) is 0.599. The molecule has 60 heavy (non-hydrogen) atoms. The zero-order valence-electron chi connectivity index (χ0n) is 33.2. The molecule has 1 aliphatic rings. The van der Waals surface area contributed by atoms with Gasteiger partial charge in [-0.3, -0.25) is 0 Å². The minimum absolute atomic E-state index is 0.121. The molecule has 2 aromatic heterocycles. The fourth-order valence-corrected chi connectivity index (χ4v) is 9.50. The van der Waals surface area contributed by atoms with Crippen molar-refractivity contribution in [3.63, 3.8) is 0 Å². The van der Waals surface area contributed by atoms with Crippen LogP contribution in [0, 0.1) is 0 Å². The van der Waals surface area contributed by atoms with Gasteiger partial charge in [-0.05, 0) is 110 Å². The molecule has 0 unspecified atom stereocenters. The van der Waals surface area contributed by atoms with Gasteiger partial charge in [0.1, 0.15) is 16.7 Å². The molecule has 11 aromatic rings. The van der Waals surface area contributed by atoms with E-state index in [9.17, 15) is 0 Å². The summed E-state index contributed by atoms with van der Waals surface area (Å²) in [5.41, 5.74) is 17.1. The van der Waals surface area contributed by atoms with Crippen molar-refractivity contribution >= 4 is 60.9 Å². The standard InChI is InChI=1S/C56H38N2O2/c1-56(2)46-18-9-8-16-44(46)54-47(56)19-11-20-49(54)58(41-28-24-36(25-29-41)40-23-22-35-12-6-7-15-39(35)32-40)42-30-26-37(27-31-42)43-17-10-21-50-53(43)45-33-52-48(34-51(45)59-50)57-55(60-52)38-13-4-3-5-14-38/h3-34H,1-2H3. The van der Waals surface area contributed by atoms with Gasteiger partial charge in [-0.2, -0.15) is 0 Å². The maximum Gasteiger partial charge on any atom is 0.227 e. The van der Waals surface area contributed by atoms with Crippen LogP contribution in [-0.2, 0) is 5.41 Å². The second-order valence-electron chi connectivity index (χ2n) is 16.3. The summed E-state index contributed by atoms with van der Waals surface area (Å²) in [7, 11) is 0. The Bertz CT molecular complexity index is 3450. The number of aromatic nitrogens is 1. The van der Waals surface area contributed by atoms with Crippen molar-refractivity contribution < 1.29 is 8.83 Å². The van der Waals surface area contributed by atoms with Crippen molar-refractivity contribution in [2.24, 2.45) is 0 Å². The van der Waals surface area contributed by atoms with Crippen LogP contribution in [0.3, 0.4) is 0 Å². The first kappa shape index (κ1) is 34.4. The molecule has 9 aromatic carbocycles. The van der Waals surface area contributed by atoms with Gasteiger partial charge in [-0.15, -0.1) is 0 Å². The first-order valence-electron chi connectivity index (χ1n) is 20.5. The van der Waals surface area contributed by atoms with Gasteiger partial charge >= 0.3 is 0 Å². The smallest absolute Gasteiger partial charge is 0.227 e. The maximum atomic E-state index is 6.48. The molecule has 1 aliphatic carbocycles. The predicted molar refractivity (Wildman–Crippen MR) is 247 cm³/mol. The number of nitrogens with zero attached hydrogens (tertiary/aromatic N) is 2. The molecular formula is C56H38N2O2. The molecule has 284 valence electrons. The van der Waals surface area contributed by atoms with E-state index in [1.54, 1.807) is 0 Å². The molecule has 0 saturated heterocycles. The van der Waals surface area contributed by atoms with Crippen LogP contribution in [0.1, 0.15) is 25.0 Å². The minimum atomic E-state index is -0.121. The third-order valence-electron chi connectivity index (χ3n) is 12.5. The molecule has 0 spiro atoms. The lowest BCUT2D eigenvalue weighted by Crippen LogP contribution is -2.16. The van der Waals surface area contributed by atoms with Gasteiger partial charge in [0, 0.05) is 44.8 Å². The van der Waals surface area contributed by atoms with Gasteiger partial charge in [0.2, 0.25) is 5.89 Å². The summed E-state index contributed by atoms with van der Waals surface area (Å²) in [5, 5.41) is 4.54. The van der Waals surface area contributed by atoms with Gasteiger partial charge in [-0.25, -0.2) is 4.98 Å². The lowest BCUT2D eigenvalue weighted by atomic mass is 9.82.